The maximum absolute atomic E-state index is 11.7. The quantitative estimate of drug-likeness (QED) is 0.701. The molecular formula is C9H16N4O3S. The summed E-state index contributed by atoms with van der Waals surface area (Å²) in [6, 6.07) is 0.0812. The molecule has 0 spiro atoms. The normalized spacial score (nSPS) is 20.8. The van der Waals surface area contributed by atoms with Crippen LogP contribution in [0.25, 0.3) is 0 Å². The van der Waals surface area contributed by atoms with Crippen LogP contribution in [0.3, 0.4) is 0 Å². The predicted molar refractivity (Wildman–Crippen MR) is 60.8 cm³/mol. The van der Waals surface area contributed by atoms with Gasteiger partial charge in [0.2, 0.25) is 16.4 Å². The fourth-order valence-electron chi connectivity index (χ4n) is 1.84. The summed E-state index contributed by atoms with van der Waals surface area (Å²) in [5, 5.41) is 6.76. The summed E-state index contributed by atoms with van der Waals surface area (Å²) in [6.45, 7) is 1.21. The van der Waals surface area contributed by atoms with Gasteiger partial charge in [-0.25, -0.2) is 13.1 Å². The van der Waals surface area contributed by atoms with Crippen molar-refractivity contribution in [1.29, 1.82) is 0 Å². The fraction of sp³-hybridized carbons (Fsp3) is 0.778. The molecule has 7 nitrogen and oxygen atoms in total. The van der Waals surface area contributed by atoms with E-state index in [4.69, 9.17) is 0 Å². The Bertz CT molecular complexity index is 425. The van der Waals surface area contributed by atoms with Gasteiger partial charge in [-0.05, 0) is 19.4 Å². The molecule has 0 amide bonds. The molecule has 0 bridgehead atoms. The van der Waals surface area contributed by atoms with Crippen molar-refractivity contribution in [2.24, 2.45) is 0 Å². The summed E-state index contributed by atoms with van der Waals surface area (Å²) in [6.07, 6.45) is 3.63. The second kappa shape index (κ2) is 5.56. The SMILES string of the molecule is O=S(=O)(CC1CCCN1)NCCc1ncon1. The van der Waals surface area contributed by atoms with Gasteiger partial charge in [-0.1, -0.05) is 5.16 Å². The zero-order valence-corrected chi connectivity index (χ0v) is 10.2. The zero-order valence-electron chi connectivity index (χ0n) is 9.42. The lowest BCUT2D eigenvalue weighted by Gasteiger charge is -2.11. The lowest BCUT2D eigenvalue weighted by Crippen LogP contribution is -2.37. The van der Waals surface area contributed by atoms with Crippen LogP contribution < -0.4 is 10.0 Å². The molecule has 1 aromatic rings. The molecule has 96 valence electrons. The highest BCUT2D eigenvalue weighted by Gasteiger charge is 2.21. The highest BCUT2D eigenvalue weighted by Crippen LogP contribution is 2.06. The van der Waals surface area contributed by atoms with E-state index in [-0.39, 0.29) is 11.8 Å². The number of hydrogen-bond donors (Lipinski definition) is 2. The molecule has 1 aromatic heterocycles. The Kier molecular flexibility index (Phi) is 4.08. The van der Waals surface area contributed by atoms with Crippen molar-refractivity contribution in [1.82, 2.24) is 20.2 Å². The van der Waals surface area contributed by atoms with Crippen LogP contribution in [0.2, 0.25) is 0 Å². The van der Waals surface area contributed by atoms with Crippen molar-refractivity contribution in [3.63, 3.8) is 0 Å². The molecule has 2 N–H and O–H groups in total. The average Bonchev–Trinajstić information content (AvgIpc) is 2.89. The second-order valence-corrected chi connectivity index (χ2v) is 5.92. The van der Waals surface area contributed by atoms with Gasteiger partial charge in [-0.15, -0.1) is 0 Å². The summed E-state index contributed by atoms with van der Waals surface area (Å²) in [5.41, 5.74) is 0. The molecule has 2 rings (SSSR count). The Morgan fingerprint density at radius 2 is 2.47 bits per heavy atom. The van der Waals surface area contributed by atoms with Crippen LogP contribution in [0.5, 0.6) is 0 Å². The molecule has 8 heteroatoms. The van der Waals surface area contributed by atoms with E-state index >= 15 is 0 Å². The summed E-state index contributed by atoms with van der Waals surface area (Å²) >= 11 is 0. The van der Waals surface area contributed by atoms with Crippen LogP contribution in [-0.2, 0) is 16.4 Å². The largest absolute Gasteiger partial charge is 0.343 e. The third-order valence-corrected chi connectivity index (χ3v) is 4.15. The Hall–Kier alpha value is -0.990. The molecule has 0 aliphatic carbocycles. The molecule has 0 aromatic carbocycles. The number of aromatic nitrogens is 2. The van der Waals surface area contributed by atoms with E-state index in [0.717, 1.165) is 19.4 Å². The van der Waals surface area contributed by atoms with Gasteiger partial charge >= 0.3 is 0 Å². The predicted octanol–water partition coefficient (Wildman–Crippen LogP) is -0.716. The second-order valence-electron chi connectivity index (χ2n) is 4.07. The monoisotopic (exact) mass is 260 g/mol. The van der Waals surface area contributed by atoms with E-state index in [2.05, 4.69) is 24.7 Å². The molecule has 1 fully saturated rings. The van der Waals surface area contributed by atoms with Gasteiger partial charge in [0.15, 0.2) is 5.82 Å². The van der Waals surface area contributed by atoms with Crippen LogP contribution in [0.4, 0.5) is 0 Å². The highest BCUT2D eigenvalue weighted by atomic mass is 32.2. The molecule has 1 aliphatic rings. The third kappa shape index (κ3) is 4.06. The lowest BCUT2D eigenvalue weighted by molar-refractivity contribution is 0.409. The van der Waals surface area contributed by atoms with E-state index in [1.807, 2.05) is 0 Å². The number of sulfonamides is 1. The van der Waals surface area contributed by atoms with Crippen LogP contribution in [-0.4, -0.2) is 43.4 Å². The van der Waals surface area contributed by atoms with Crippen LogP contribution in [0.15, 0.2) is 10.9 Å². The molecule has 2 heterocycles. The Labute approximate surface area is 100 Å². The zero-order chi connectivity index (χ0) is 12.1. The van der Waals surface area contributed by atoms with Gasteiger partial charge in [0, 0.05) is 19.0 Å². The van der Waals surface area contributed by atoms with Gasteiger partial charge in [0.05, 0.1) is 5.75 Å². The number of nitrogens with one attached hydrogen (secondary N) is 2. The van der Waals surface area contributed by atoms with Crippen molar-refractivity contribution in [3.05, 3.63) is 12.2 Å². The standard InChI is InChI=1S/C9H16N4O3S/c14-17(15,6-8-2-1-4-10-8)12-5-3-9-11-7-16-13-9/h7-8,10,12H,1-6H2. The summed E-state index contributed by atoms with van der Waals surface area (Å²) < 4.78 is 30.5. The number of nitrogens with zero attached hydrogens (tertiary/aromatic N) is 2. The highest BCUT2D eigenvalue weighted by molar-refractivity contribution is 7.89. The molecular weight excluding hydrogens is 244 g/mol. The Morgan fingerprint density at radius 1 is 1.59 bits per heavy atom. The van der Waals surface area contributed by atoms with E-state index in [0.29, 0.717) is 18.8 Å². The lowest BCUT2D eigenvalue weighted by atomic mass is 10.3. The van der Waals surface area contributed by atoms with Gasteiger partial charge < -0.3 is 9.84 Å². The summed E-state index contributed by atoms with van der Waals surface area (Å²) in [7, 11) is -3.22. The molecule has 1 atom stereocenters. The fourth-order valence-corrected chi connectivity index (χ4v) is 3.19. The molecule has 1 unspecified atom stereocenters. The number of rotatable bonds is 6. The van der Waals surface area contributed by atoms with E-state index < -0.39 is 10.0 Å². The maximum Gasteiger partial charge on any atom is 0.213 e. The van der Waals surface area contributed by atoms with Gasteiger partial charge in [-0.2, -0.15) is 4.98 Å². The van der Waals surface area contributed by atoms with Crippen LogP contribution in [0.1, 0.15) is 18.7 Å². The summed E-state index contributed by atoms with van der Waals surface area (Å²) in [4.78, 5) is 3.81. The minimum Gasteiger partial charge on any atom is -0.343 e. The van der Waals surface area contributed by atoms with Crippen molar-refractivity contribution in [3.8, 4) is 0 Å². The average molecular weight is 260 g/mol. The topological polar surface area (TPSA) is 97.1 Å². The molecule has 1 saturated heterocycles. The Morgan fingerprint density at radius 3 is 3.12 bits per heavy atom. The van der Waals surface area contributed by atoms with Crippen molar-refractivity contribution < 1.29 is 12.9 Å². The van der Waals surface area contributed by atoms with Gasteiger partial charge in [-0.3, -0.25) is 0 Å². The molecule has 0 radical (unpaired) electrons. The molecule has 1 aliphatic heterocycles. The third-order valence-electron chi connectivity index (χ3n) is 2.66. The minimum absolute atomic E-state index is 0.0812. The van der Waals surface area contributed by atoms with Crippen molar-refractivity contribution >= 4 is 10.0 Å². The summed E-state index contributed by atoms with van der Waals surface area (Å²) in [5.74, 6) is 0.644. The van der Waals surface area contributed by atoms with Crippen molar-refractivity contribution in [2.45, 2.75) is 25.3 Å². The van der Waals surface area contributed by atoms with E-state index in [9.17, 15) is 8.42 Å². The Balaban J connectivity index is 1.73. The molecule has 17 heavy (non-hydrogen) atoms. The number of hydrogen-bond acceptors (Lipinski definition) is 6. The smallest absolute Gasteiger partial charge is 0.213 e. The van der Waals surface area contributed by atoms with E-state index in [1.165, 1.54) is 6.39 Å². The minimum atomic E-state index is -3.22. The van der Waals surface area contributed by atoms with Crippen LogP contribution in [0, 0.1) is 0 Å². The van der Waals surface area contributed by atoms with Gasteiger partial charge in [0.25, 0.3) is 0 Å². The first-order valence-electron chi connectivity index (χ1n) is 5.62. The van der Waals surface area contributed by atoms with E-state index in [1.54, 1.807) is 0 Å². The van der Waals surface area contributed by atoms with Crippen LogP contribution >= 0.6 is 0 Å². The van der Waals surface area contributed by atoms with Crippen molar-refractivity contribution in [2.75, 3.05) is 18.8 Å². The maximum atomic E-state index is 11.7. The first kappa shape index (κ1) is 12.5. The first-order valence-corrected chi connectivity index (χ1v) is 7.27. The molecule has 0 saturated carbocycles. The first-order chi connectivity index (χ1) is 8.16. The van der Waals surface area contributed by atoms with Gasteiger partial charge in [0.1, 0.15) is 0 Å².